The van der Waals surface area contributed by atoms with Crippen LogP contribution in [0.25, 0.3) is 0 Å². The standard InChI is InChI=1S/C19H18O7/c1-12(2)24-18(21)14-9-5-7-11-16(14)26-19(22)25-15-10-6-4-8-13(15)17(20)23-3/h4-12H,1-3H3. The van der Waals surface area contributed by atoms with Gasteiger partial charge in [-0.25, -0.2) is 14.4 Å². The molecule has 0 saturated carbocycles. The number of methoxy groups -OCH3 is 1. The third-order valence-electron chi connectivity index (χ3n) is 3.13. The van der Waals surface area contributed by atoms with Crippen molar-refractivity contribution in [2.75, 3.05) is 7.11 Å². The number of hydrogen-bond donors (Lipinski definition) is 0. The maximum absolute atomic E-state index is 12.1. The van der Waals surface area contributed by atoms with E-state index in [4.69, 9.17) is 14.2 Å². The van der Waals surface area contributed by atoms with Crippen LogP contribution in [-0.4, -0.2) is 31.3 Å². The Kier molecular flexibility index (Phi) is 6.32. The first-order valence-corrected chi connectivity index (χ1v) is 7.79. The van der Waals surface area contributed by atoms with Gasteiger partial charge in [-0.3, -0.25) is 0 Å². The number of carbonyl (C=O) groups is 3. The van der Waals surface area contributed by atoms with Gasteiger partial charge in [0, 0.05) is 0 Å². The lowest BCUT2D eigenvalue weighted by Gasteiger charge is -2.12. The first-order valence-electron chi connectivity index (χ1n) is 7.79. The second-order valence-electron chi connectivity index (χ2n) is 5.39. The predicted molar refractivity (Wildman–Crippen MR) is 91.4 cm³/mol. The molecule has 0 radical (unpaired) electrons. The van der Waals surface area contributed by atoms with Crippen LogP contribution in [0.1, 0.15) is 34.6 Å². The SMILES string of the molecule is COC(=O)c1ccccc1OC(=O)Oc1ccccc1C(=O)OC(C)C. The summed E-state index contributed by atoms with van der Waals surface area (Å²) in [6.07, 6.45) is -1.43. The minimum atomic E-state index is -1.11. The highest BCUT2D eigenvalue weighted by atomic mass is 16.7. The molecule has 0 aliphatic heterocycles. The molecule has 0 amide bonds. The fourth-order valence-electron chi connectivity index (χ4n) is 2.04. The normalized spacial score (nSPS) is 10.2. The Labute approximate surface area is 150 Å². The molecule has 26 heavy (non-hydrogen) atoms. The Morgan fingerprint density at radius 2 is 1.23 bits per heavy atom. The third-order valence-corrected chi connectivity index (χ3v) is 3.13. The van der Waals surface area contributed by atoms with Crippen molar-refractivity contribution in [1.82, 2.24) is 0 Å². The smallest absolute Gasteiger partial charge is 0.465 e. The van der Waals surface area contributed by atoms with E-state index < -0.39 is 18.1 Å². The third kappa shape index (κ3) is 4.83. The van der Waals surface area contributed by atoms with Crippen molar-refractivity contribution in [3.63, 3.8) is 0 Å². The zero-order valence-electron chi connectivity index (χ0n) is 14.6. The summed E-state index contributed by atoms with van der Waals surface area (Å²) in [5, 5.41) is 0. The van der Waals surface area contributed by atoms with Gasteiger partial charge in [-0.05, 0) is 38.1 Å². The summed E-state index contributed by atoms with van der Waals surface area (Å²) in [5.41, 5.74) is 0.152. The molecule has 0 bridgehead atoms. The summed E-state index contributed by atoms with van der Waals surface area (Å²) in [5.74, 6) is -1.32. The van der Waals surface area contributed by atoms with E-state index in [-0.39, 0.29) is 28.7 Å². The molecule has 2 rings (SSSR count). The highest BCUT2D eigenvalue weighted by molar-refractivity contribution is 5.94. The second kappa shape index (κ2) is 8.66. The summed E-state index contributed by atoms with van der Waals surface area (Å²) >= 11 is 0. The lowest BCUT2D eigenvalue weighted by atomic mass is 10.2. The molecule has 0 aromatic heterocycles. The van der Waals surface area contributed by atoms with E-state index in [1.807, 2.05) is 0 Å². The molecule has 0 atom stereocenters. The Morgan fingerprint density at radius 3 is 1.69 bits per heavy atom. The number of esters is 2. The molecule has 7 nitrogen and oxygen atoms in total. The summed E-state index contributed by atoms with van der Waals surface area (Å²) in [6, 6.07) is 12.2. The summed E-state index contributed by atoms with van der Waals surface area (Å²) in [4.78, 5) is 35.9. The van der Waals surface area contributed by atoms with Crippen LogP contribution in [0.2, 0.25) is 0 Å². The van der Waals surface area contributed by atoms with Crippen LogP contribution in [0, 0.1) is 0 Å². The van der Waals surface area contributed by atoms with Crippen LogP contribution >= 0.6 is 0 Å². The topological polar surface area (TPSA) is 88.1 Å². The highest BCUT2D eigenvalue weighted by Crippen LogP contribution is 2.23. The molecule has 2 aromatic rings. The van der Waals surface area contributed by atoms with Crippen LogP contribution in [0.5, 0.6) is 11.5 Å². The van der Waals surface area contributed by atoms with Gasteiger partial charge in [0.15, 0.2) is 0 Å². The van der Waals surface area contributed by atoms with E-state index in [0.29, 0.717) is 0 Å². The van der Waals surface area contributed by atoms with Crippen molar-refractivity contribution in [3.05, 3.63) is 59.7 Å². The Balaban J connectivity index is 2.17. The summed E-state index contributed by atoms with van der Waals surface area (Å²) < 4.78 is 19.9. The van der Waals surface area contributed by atoms with Crippen LogP contribution < -0.4 is 9.47 Å². The number of carbonyl (C=O) groups excluding carboxylic acids is 3. The van der Waals surface area contributed by atoms with Crippen molar-refractivity contribution in [2.24, 2.45) is 0 Å². The van der Waals surface area contributed by atoms with E-state index in [0.717, 1.165) is 0 Å². The molecule has 0 aliphatic carbocycles. The van der Waals surface area contributed by atoms with Gasteiger partial charge >= 0.3 is 18.1 Å². The van der Waals surface area contributed by atoms with E-state index in [1.165, 1.54) is 31.4 Å². The number of rotatable bonds is 5. The van der Waals surface area contributed by atoms with E-state index in [2.05, 4.69) is 4.74 Å². The van der Waals surface area contributed by atoms with E-state index >= 15 is 0 Å². The Bertz CT molecular complexity index is 811. The van der Waals surface area contributed by atoms with E-state index in [1.54, 1.807) is 38.1 Å². The summed E-state index contributed by atoms with van der Waals surface area (Å²) in [7, 11) is 1.22. The molecule has 0 heterocycles. The predicted octanol–water partition coefficient (Wildman–Crippen LogP) is 3.62. The van der Waals surface area contributed by atoms with Gasteiger partial charge in [-0.15, -0.1) is 0 Å². The Morgan fingerprint density at radius 1 is 0.769 bits per heavy atom. The lowest BCUT2D eigenvalue weighted by molar-refractivity contribution is 0.0374. The van der Waals surface area contributed by atoms with Crippen molar-refractivity contribution in [2.45, 2.75) is 20.0 Å². The molecule has 0 unspecified atom stereocenters. The average molecular weight is 358 g/mol. The van der Waals surface area contributed by atoms with Gasteiger partial charge < -0.3 is 18.9 Å². The zero-order valence-corrected chi connectivity index (χ0v) is 14.6. The Hall–Kier alpha value is -3.35. The van der Waals surface area contributed by atoms with Gasteiger partial charge in [0.05, 0.1) is 13.2 Å². The van der Waals surface area contributed by atoms with Gasteiger partial charge in [0.1, 0.15) is 22.6 Å². The van der Waals surface area contributed by atoms with Gasteiger partial charge in [-0.2, -0.15) is 0 Å². The molecule has 7 heteroatoms. The minimum absolute atomic E-state index is 0.0151. The second-order valence-corrected chi connectivity index (χ2v) is 5.39. The largest absolute Gasteiger partial charge is 0.519 e. The zero-order chi connectivity index (χ0) is 19.1. The fourth-order valence-corrected chi connectivity index (χ4v) is 2.04. The molecule has 0 N–H and O–H groups in total. The van der Waals surface area contributed by atoms with Crippen LogP contribution in [0.3, 0.4) is 0 Å². The van der Waals surface area contributed by atoms with Crippen molar-refractivity contribution < 1.29 is 33.3 Å². The number of para-hydroxylation sites is 2. The fraction of sp³-hybridized carbons (Fsp3) is 0.211. The van der Waals surface area contributed by atoms with Crippen LogP contribution in [0.4, 0.5) is 4.79 Å². The molecule has 0 spiro atoms. The molecular formula is C19H18O7. The van der Waals surface area contributed by atoms with Gasteiger partial charge in [0.25, 0.3) is 0 Å². The molecule has 0 fully saturated rings. The monoisotopic (exact) mass is 358 g/mol. The lowest BCUT2D eigenvalue weighted by Crippen LogP contribution is -2.19. The number of benzene rings is 2. The molecule has 0 saturated heterocycles. The highest BCUT2D eigenvalue weighted by Gasteiger charge is 2.20. The quantitative estimate of drug-likeness (QED) is 0.596. The van der Waals surface area contributed by atoms with Gasteiger partial charge in [0.2, 0.25) is 0 Å². The minimum Gasteiger partial charge on any atom is -0.465 e. The summed E-state index contributed by atoms with van der Waals surface area (Å²) in [6.45, 7) is 3.42. The average Bonchev–Trinajstić information content (AvgIpc) is 2.61. The molecular weight excluding hydrogens is 340 g/mol. The van der Waals surface area contributed by atoms with Crippen LogP contribution in [-0.2, 0) is 9.47 Å². The first-order chi connectivity index (χ1) is 12.4. The van der Waals surface area contributed by atoms with Crippen molar-refractivity contribution >= 4 is 18.1 Å². The molecule has 2 aromatic carbocycles. The van der Waals surface area contributed by atoms with Crippen molar-refractivity contribution in [1.29, 1.82) is 0 Å². The number of ether oxygens (including phenoxy) is 4. The van der Waals surface area contributed by atoms with Crippen molar-refractivity contribution in [3.8, 4) is 11.5 Å². The van der Waals surface area contributed by atoms with E-state index in [9.17, 15) is 14.4 Å². The molecule has 136 valence electrons. The maximum Gasteiger partial charge on any atom is 0.519 e. The van der Waals surface area contributed by atoms with Gasteiger partial charge in [-0.1, -0.05) is 24.3 Å². The number of hydrogen-bond acceptors (Lipinski definition) is 7. The maximum atomic E-state index is 12.1. The first kappa shape index (κ1) is 19.0. The molecule has 0 aliphatic rings. The van der Waals surface area contributed by atoms with Crippen LogP contribution in [0.15, 0.2) is 48.5 Å².